The van der Waals surface area contributed by atoms with Gasteiger partial charge in [0.05, 0.1) is 18.2 Å². The average Bonchev–Trinajstić information content (AvgIpc) is 2.45. The van der Waals surface area contributed by atoms with E-state index in [2.05, 4.69) is 0 Å². The van der Waals surface area contributed by atoms with E-state index >= 15 is 0 Å². The summed E-state index contributed by atoms with van der Waals surface area (Å²) in [5, 5.41) is 0.450. The van der Waals surface area contributed by atoms with Crippen LogP contribution in [-0.2, 0) is 4.74 Å². The summed E-state index contributed by atoms with van der Waals surface area (Å²) in [4.78, 5) is 12.0. The maximum absolute atomic E-state index is 12.0. The van der Waals surface area contributed by atoms with E-state index in [1.54, 1.807) is 25.3 Å². The predicted octanol–water partition coefficient (Wildman–Crippen LogP) is 3.88. The molecule has 0 saturated heterocycles. The highest BCUT2D eigenvalue weighted by Gasteiger charge is 2.16. The van der Waals surface area contributed by atoms with Crippen molar-refractivity contribution in [2.24, 2.45) is 0 Å². The van der Waals surface area contributed by atoms with Crippen LogP contribution in [0.2, 0.25) is 5.02 Å². The molecule has 0 bridgehead atoms. The number of Topliss-reactive ketones (excluding diaryl/α,β-unsaturated/α-hetero) is 1. The van der Waals surface area contributed by atoms with Crippen LogP contribution in [0.15, 0.2) is 18.2 Å². The summed E-state index contributed by atoms with van der Waals surface area (Å²) >= 11 is 6.00. The van der Waals surface area contributed by atoms with E-state index in [1.165, 1.54) is 19.3 Å². The zero-order valence-electron chi connectivity index (χ0n) is 11.2. The molecular formula is C15H19ClO3. The molecule has 0 spiro atoms. The molecule has 1 aromatic carbocycles. The van der Waals surface area contributed by atoms with Crippen LogP contribution < -0.4 is 4.74 Å². The summed E-state index contributed by atoms with van der Waals surface area (Å²) in [5.41, 5.74) is 0.571. The number of halogens is 1. The average molecular weight is 283 g/mol. The van der Waals surface area contributed by atoms with Crippen LogP contribution >= 0.6 is 11.6 Å². The normalized spacial score (nSPS) is 16.3. The minimum absolute atomic E-state index is 0.0323. The largest absolute Gasteiger partial charge is 0.495 e. The van der Waals surface area contributed by atoms with Crippen molar-refractivity contribution in [3.8, 4) is 5.75 Å². The molecule has 0 aromatic heterocycles. The first kappa shape index (κ1) is 14.4. The van der Waals surface area contributed by atoms with Gasteiger partial charge in [-0.3, -0.25) is 4.79 Å². The molecule has 1 aromatic rings. The number of hydrogen-bond acceptors (Lipinski definition) is 3. The van der Waals surface area contributed by atoms with Gasteiger partial charge in [0, 0.05) is 5.56 Å². The number of ketones is 1. The smallest absolute Gasteiger partial charge is 0.188 e. The lowest BCUT2D eigenvalue weighted by molar-refractivity contribution is 0.0284. The number of hydrogen-bond donors (Lipinski definition) is 0. The monoisotopic (exact) mass is 282 g/mol. The van der Waals surface area contributed by atoms with Crippen LogP contribution in [0.4, 0.5) is 0 Å². The standard InChI is InChI=1S/C15H19ClO3/c1-18-15-8-7-11(9-13(15)16)14(17)10-19-12-5-3-2-4-6-12/h7-9,12H,2-6,10H2,1H3. The lowest BCUT2D eigenvalue weighted by Gasteiger charge is -2.21. The molecular weight excluding hydrogens is 264 g/mol. The van der Waals surface area contributed by atoms with Gasteiger partial charge in [0.25, 0.3) is 0 Å². The van der Waals surface area contributed by atoms with Crippen molar-refractivity contribution in [2.75, 3.05) is 13.7 Å². The molecule has 19 heavy (non-hydrogen) atoms. The molecule has 0 amide bonds. The molecule has 1 saturated carbocycles. The van der Waals surface area contributed by atoms with Gasteiger partial charge in [-0.25, -0.2) is 0 Å². The van der Waals surface area contributed by atoms with E-state index in [0.717, 1.165) is 12.8 Å². The molecule has 0 N–H and O–H groups in total. The fourth-order valence-corrected chi connectivity index (χ4v) is 2.61. The Morgan fingerprint density at radius 1 is 1.32 bits per heavy atom. The molecule has 1 fully saturated rings. The predicted molar refractivity (Wildman–Crippen MR) is 75.2 cm³/mol. The molecule has 1 aliphatic rings. The first-order valence-corrected chi connectivity index (χ1v) is 7.07. The van der Waals surface area contributed by atoms with Crippen molar-refractivity contribution in [3.05, 3.63) is 28.8 Å². The third-order valence-electron chi connectivity index (χ3n) is 3.48. The van der Waals surface area contributed by atoms with Gasteiger partial charge in [0.1, 0.15) is 12.4 Å². The second-order valence-electron chi connectivity index (χ2n) is 4.84. The third kappa shape index (κ3) is 3.95. The third-order valence-corrected chi connectivity index (χ3v) is 3.77. The number of carbonyl (C=O) groups is 1. The van der Waals surface area contributed by atoms with Crippen LogP contribution in [-0.4, -0.2) is 25.6 Å². The van der Waals surface area contributed by atoms with Gasteiger partial charge in [-0.15, -0.1) is 0 Å². The van der Waals surface area contributed by atoms with Crippen molar-refractivity contribution in [1.29, 1.82) is 0 Å². The number of methoxy groups -OCH3 is 1. The zero-order chi connectivity index (χ0) is 13.7. The first-order valence-electron chi connectivity index (χ1n) is 6.69. The Kier molecular flexibility index (Phi) is 5.23. The maximum Gasteiger partial charge on any atom is 0.188 e. The molecule has 0 unspecified atom stereocenters. The Hall–Kier alpha value is -1.06. The lowest BCUT2D eigenvalue weighted by Crippen LogP contribution is -2.21. The summed E-state index contributed by atoms with van der Waals surface area (Å²) in [6, 6.07) is 5.06. The van der Waals surface area contributed by atoms with Crippen molar-refractivity contribution in [1.82, 2.24) is 0 Å². The van der Waals surface area contributed by atoms with Crippen molar-refractivity contribution in [2.45, 2.75) is 38.2 Å². The minimum atomic E-state index is -0.0323. The van der Waals surface area contributed by atoms with Gasteiger partial charge >= 0.3 is 0 Å². The Morgan fingerprint density at radius 3 is 2.68 bits per heavy atom. The van der Waals surface area contributed by atoms with Crippen LogP contribution in [0, 0.1) is 0 Å². The number of benzene rings is 1. The fourth-order valence-electron chi connectivity index (χ4n) is 2.35. The highest BCUT2D eigenvalue weighted by molar-refractivity contribution is 6.32. The Morgan fingerprint density at radius 2 is 2.05 bits per heavy atom. The lowest BCUT2D eigenvalue weighted by atomic mass is 9.98. The molecule has 3 nitrogen and oxygen atoms in total. The van der Waals surface area contributed by atoms with E-state index < -0.39 is 0 Å². The summed E-state index contributed by atoms with van der Waals surface area (Å²) in [6.45, 7) is 0.132. The number of rotatable bonds is 5. The van der Waals surface area contributed by atoms with E-state index in [4.69, 9.17) is 21.1 Å². The highest BCUT2D eigenvalue weighted by Crippen LogP contribution is 2.25. The molecule has 1 aliphatic carbocycles. The SMILES string of the molecule is COc1ccc(C(=O)COC2CCCCC2)cc1Cl. The quantitative estimate of drug-likeness (QED) is 0.769. The van der Waals surface area contributed by atoms with Crippen LogP contribution in [0.1, 0.15) is 42.5 Å². The minimum Gasteiger partial charge on any atom is -0.495 e. The second kappa shape index (κ2) is 6.92. The molecule has 0 heterocycles. The van der Waals surface area contributed by atoms with Gasteiger partial charge in [0.15, 0.2) is 5.78 Å². The molecule has 0 aliphatic heterocycles. The van der Waals surface area contributed by atoms with Crippen LogP contribution in [0.25, 0.3) is 0 Å². The fraction of sp³-hybridized carbons (Fsp3) is 0.533. The molecule has 2 rings (SSSR count). The van der Waals surface area contributed by atoms with Crippen molar-refractivity contribution in [3.63, 3.8) is 0 Å². The molecule has 0 atom stereocenters. The van der Waals surface area contributed by atoms with E-state index in [9.17, 15) is 4.79 Å². The van der Waals surface area contributed by atoms with Crippen LogP contribution in [0.3, 0.4) is 0 Å². The van der Waals surface area contributed by atoms with E-state index in [0.29, 0.717) is 16.3 Å². The van der Waals surface area contributed by atoms with Gasteiger partial charge in [-0.05, 0) is 31.0 Å². The maximum atomic E-state index is 12.0. The Labute approximate surface area is 118 Å². The van der Waals surface area contributed by atoms with Gasteiger partial charge in [0.2, 0.25) is 0 Å². The van der Waals surface area contributed by atoms with E-state index in [-0.39, 0.29) is 18.5 Å². The number of ether oxygens (including phenoxy) is 2. The van der Waals surface area contributed by atoms with Gasteiger partial charge in [-0.2, -0.15) is 0 Å². The van der Waals surface area contributed by atoms with E-state index in [1.807, 2.05) is 0 Å². The highest BCUT2D eigenvalue weighted by atomic mass is 35.5. The Bertz CT molecular complexity index is 439. The summed E-state index contributed by atoms with van der Waals surface area (Å²) < 4.78 is 10.7. The zero-order valence-corrected chi connectivity index (χ0v) is 11.9. The van der Waals surface area contributed by atoms with Crippen molar-refractivity contribution < 1.29 is 14.3 Å². The Balaban J connectivity index is 1.90. The topological polar surface area (TPSA) is 35.5 Å². The molecule has 4 heteroatoms. The summed E-state index contributed by atoms with van der Waals surface area (Å²) in [6.07, 6.45) is 6.06. The van der Waals surface area contributed by atoms with Gasteiger partial charge < -0.3 is 9.47 Å². The second-order valence-corrected chi connectivity index (χ2v) is 5.25. The summed E-state index contributed by atoms with van der Waals surface area (Å²) in [5.74, 6) is 0.543. The van der Waals surface area contributed by atoms with Crippen LogP contribution in [0.5, 0.6) is 5.75 Å². The first-order chi connectivity index (χ1) is 9.20. The van der Waals surface area contributed by atoms with Gasteiger partial charge in [-0.1, -0.05) is 30.9 Å². The van der Waals surface area contributed by atoms with Crippen molar-refractivity contribution >= 4 is 17.4 Å². The molecule has 0 radical (unpaired) electrons. The number of carbonyl (C=O) groups excluding carboxylic acids is 1. The molecule has 104 valence electrons. The summed E-state index contributed by atoms with van der Waals surface area (Å²) in [7, 11) is 1.55.